The molecule has 0 aromatic heterocycles. The number of allylic oxidation sites excluding steroid dienone is 2. The maximum Gasteiger partial charge on any atom is 0.307 e. The molecule has 1 N–H and O–H groups in total. The molecule has 1 aliphatic carbocycles. The maximum atomic E-state index is 12.4. The lowest BCUT2D eigenvalue weighted by molar-refractivity contribution is -0.150. The van der Waals surface area contributed by atoms with E-state index in [0.717, 1.165) is 5.56 Å². The molecule has 106 valence electrons. The molecule has 4 nitrogen and oxygen atoms in total. The van der Waals surface area contributed by atoms with Gasteiger partial charge in [-0.1, -0.05) is 42.5 Å². The first-order valence-corrected chi connectivity index (χ1v) is 6.76. The van der Waals surface area contributed by atoms with E-state index in [1.165, 1.54) is 0 Å². The number of carbonyl (C=O) groups excluding carboxylic acids is 1. The first-order valence-electron chi connectivity index (χ1n) is 6.76. The van der Waals surface area contributed by atoms with Crippen molar-refractivity contribution in [3.63, 3.8) is 0 Å². The van der Waals surface area contributed by atoms with E-state index in [2.05, 4.69) is 0 Å². The second-order valence-corrected chi connectivity index (χ2v) is 5.17. The molecule has 0 spiro atoms. The smallest absolute Gasteiger partial charge is 0.307 e. The van der Waals surface area contributed by atoms with Crippen LogP contribution in [0.3, 0.4) is 0 Å². The highest BCUT2D eigenvalue weighted by atomic mass is 16.4. The largest absolute Gasteiger partial charge is 0.481 e. The fourth-order valence-corrected chi connectivity index (χ4v) is 2.58. The zero-order valence-electron chi connectivity index (χ0n) is 11.5. The molecule has 4 heteroatoms. The van der Waals surface area contributed by atoms with Gasteiger partial charge >= 0.3 is 5.97 Å². The third-order valence-corrected chi connectivity index (χ3v) is 3.71. The Morgan fingerprint density at radius 3 is 2.35 bits per heavy atom. The molecule has 1 aromatic rings. The fraction of sp³-hybridized carbons (Fsp3) is 0.375. The predicted octanol–water partition coefficient (Wildman–Crippen LogP) is 2.31. The molecular formula is C16H19NO3. The van der Waals surface area contributed by atoms with E-state index >= 15 is 0 Å². The van der Waals surface area contributed by atoms with Crippen LogP contribution in [0.15, 0.2) is 42.5 Å². The number of hydrogen-bond donors (Lipinski definition) is 1. The molecule has 1 amide bonds. The van der Waals surface area contributed by atoms with Gasteiger partial charge in [0.1, 0.15) is 0 Å². The van der Waals surface area contributed by atoms with Gasteiger partial charge in [-0.25, -0.2) is 0 Å². The van der Waals surface area contributed by atoms with Crippen LogP contribution < -0.4 is 0 Å². The summed E-state index contributed by atoms with van der Waals surface area (Å²) < 4.78 is 0. The van der Waals surface area contributed by atoms with Crippen LogP contribution in [0.5, 0.6) is 0 Å². The standard InChI is InChI=1S/C16H19NO3/c1-17(11-12-7-3-2-4-8-12)15(18)13-9-5-6-10-14(13)16(19)20/h2-8,13-14H,9-11H2,1H3,(H,19,20). The second kappa shape index (κ2) is 6.37. The maximum absolute atomic E-state index is 12.4. The Labute approximate surface area is 118 Å². The summed E-state index contributed by atoms with van der Waals surface area (Å²) in [6.07, 6.45) is 4.69. The van der Waals surface area contributed by atoms with Gasteiger partial charge in [0.15, 0.2) is 0 Å². The molecule has 1 aromatic carbocycles. The molecule has 0 heterocycles. The Morgan fingerprint density at radius 1 is 1.15 bits per heavy atom. The second-order valence-electron chi connectivity index (χ2n) is 5.17. The average Bonchev–Trinajstić information content (AvgIpc) is 2.47. The molecule has 0 fully saturated rings. The van der Waals surface area contributed by atoms with Crippen molar-refractivity contribution >= 4 is 11.9 Å². The van der Waals surface area contributed by atoms with Crippen molar-refractivity contribution in [3.8, 4) is 0 Å². The number of amides is 1. The minimum atomic E-state index is -0.888. The van der Waals surface area contributed by atoms with Gasteiger partial charge in [-0.05, 0) is 18.4 Å². The predicted molar refractivity (Wildman–Crippen MR) is 75.9 cm³/mol. The minimum Gasteiger partial charge on any atom is -0.481 e. The Kier molecular flexibility index (Phi) is 4.56. The van der Waals surface area contributed by atoms with Crippen LogP contribution in [0.2, 0.25) is 0 Å². The van der Waals surface area contributed by atoms with Crippen LogP contribution in [0.25, 0.3) is 0 Å². The molecule has 2 rings (SSSR count). The molecule has 0 saturated heterocycles. The SMILES string of the molecule is CN(Cc1ccccc1)C(=O)C1CC=CCC1C(=O)O. The van der Waals surface area contributed by atoms with Gasteiger partial charge in [-0.3, -0.25) is 9.59 Å². The Hall–Kier alpha value is -2.10. The van der Waals surface area contributed by atoms with Gasteiger partial charge < -0.3 is 10.0 Å². The van der Waals surface area contributed by atoms with E-state index < -0.39 is 17.8 Å². The van der Waals surface area contributed by atoms with Crippen molar-refractivity contribution in [2.24, 2.45) is 11.8 Å². The number of rotatable bonds is 4. The van der Waals surface area contributed by atoms with E-state index in [-0.39, 0.29) is 5.91 Å². The first-order chi connectivity index (χ1) is 9.59. The zero-order chi connectivity index (χ0) is 14.5. The molecule has 0 bridgehead atoms. The minimum absolute atomic E-state index is 0.0920. The summed E-state index contributed by atoms with van der Waals surface area (Å²) in [6.45, 7) is 0.506. The van der Waals surface area contributed by atoms with E-state index in [0.29, 0.717) is 19.4 Å². The van der Waals surface area contributed by atoms with Crippen LogP contribution in [0, 0.1) is 11.8 Å². The summed E-state index contributed by atoms with van der Waals surface area (Å²) in [5.74, 6) is -2.04. The molecule has 2 unspecified atom stereocenters. The zero-order valence-corrected chi connectivity index (χ0v) is 11.5. The van der Waals surface area contributed by atoms with Gasteiger partial charge in [0, 0.05) is 13.6 Å². The number of carboxylic acids is 1. The number of aliphatic carboxylic acids is 1. The molecule has 0 aliphatic heterocycles. The molecule has 0 radical (unpaired) electrons. The molecule has 1 aliphatic rings. The summed E-state index contributed by atoms with van der Waals surface area (Å²) in [7, 11) is 1.73. The van der Waals surface area contributed by atoms with Crippen molar-refractivity contribution in [2.75, 3.05) is 7.05 Å². The fourth-order valence-electron chi connectivity index (χ4n) is 2.58. The van der Waals surface area contributed by atoms with Crippen molar-refractivity contribution < 1.29 is 14.7 Å². The summed E-state index contributed by atoms with van der Waals surface area (Å²) in [5.41, 5.74) is 1.04. The lowest BCUT2D eigenvalue weighted by atomic mass is 9.82. The van der Waals surface area contributed by atoms with Crippen LogP contribution >= 0.6 is 0 Å². The molecule has 20 heavy (non-hydrogen) atoms. The van der Waals surface area contributed by atoms with Gasteiger partial charge in [-0.15, -0.1) is 0 Å². The monoisotopic (exact) mass is 273 g/mol. The van der Waals surface area contributed by atoms with Crippen LogP contribution in [-0.2, 0) is 16.1 Å². The first kappa shape index (κ1) is 14.3. The molecular weight excluding hydrogens is 254 g/mol. The van der Waals surface area contributed by atoms with Gasteiger partial charge in [0.25, 0.3) is 0 Å². The van der Waals surface area contributed by atoms with Crippen LogP contribution in [-0.4, -0.2) is 28.9 Å². The number of nitrogens with zero attached hydrogens (tertiary/aromatic N) is 1. The van der Waals surface area contributed by atoms with Crippen LogP contribution in [0.1, 0.15) is 18.4 Å². The number of benzene rings is 1. The van der Waals surface area contributed by atoms with Crippen LogP contribution in [0.4, 0.5) is 0 Å². The topological polar surface area (TPSA) is 57.6 Å². The van der Waals surface area contributed by atoms with E-state index in [1.807, 2.05) is 42.5 Å². The number of carboxylic acid groups (broad SMARTS) is 1. The summed E-state index contributed by atoms with van der Waals surface area (Å²) in [5, 5.41) is 9.22. The van der Waals surface area contributed by atoms with E-state index in [1.54, 1.807) is 11.9 Å². The number of carbonyl (C=O) groups is 2. The highest BCUT2D eigenvalue weighted by Crippen LogP contribution is 2.27. The number of hydrogen-bond acceptors (Lipinski definition) is 2. The lowest BCUT2D eigenvalue weighted by Gasteiger charge is -2.28. The normalized spacial score (nSPS) is 21.4. The van der Waals surface area contributed by atoms with Crippen molar-refractivity contribution in [2.45, 2.75) is 19.4 Å². The average molecular weight is 273 g/mol. The van der Waals surface area contributed by atoms with Crippen molar-refractivity contribution in [1.29, 1.82) is 0 Å². The Bertz CT molecular complexity index is 510. The molecule has 0 saturated carbocycles. The quantitative estimate of drug-likeness (QED) is 0.856. The van der Waals surface area contributed by atoms with Gasteiger partial charge in [0.05, 0.1) is 11.8 Å². The Morgan fingerprint density at radius 2 is 1.75 bits per heavy atom. The Balaban J connectivity index is 2.05. The third kappa shape index (κ3) is 3.26. The van der Waals surface area contributed by atoms with E-state index in [9.17, 15) is 14.7 Å². The van der Waals surface area contributed by atoms with Crippen molar-refractivity contribution in [1.82, 2.24) is 4.90 Å². The lowest BCUT2D eigenvalue weighted by Crippen LogP contribution is -2.39. The van der Waals surface area contributed by atoms with Gasteiger partial charge in [-0.2, -0.15) is 0 Å². The molecule has 2 atom stereocenters. The highest BCUT2D eigenvalue weighted by Gasteiger charge is 2.35. The summed E-state index contributed by atoms with van der Waals surface area (Å²) in [4.78, 5) is 25.3. The summed E-state index contributed by atoms with van der Waals surface area (Å²) in [6, 6.07) is 9.70. The van der Waals surface area contributed by atoms with E-state index in [4.69, 9.17) is 0 Å². The van der Waals surface area contributed by atoms with Gasteiger partial charge in [0.2, 0.25) is 5.91 Å². The summed E-state index contributed by atoms with van der Waals surface area (Å²) >= 11 is 0. The third-order valence-electron chi connectivity index (χ3n) is 3.71. The van der Waals surface area contributed by atoms with Crippen molar-refractivity contribution in [3.05, 3.63) is 48.0 Å². The highest BCUT2D eigenvalue weighted by molar-refractivity contribution is 5.85.